The Morgan fingerprint density at radius 2 is 2.21 bits per heavy atom. The van der Waals surface area contributed by atoms with Gasteiger partial charge in [-0.3, -0.25) is 9.69 Å². The smallest absolute Gasteiger partial charge is 0.303 e. The van der Waals surface area contributed by atoms with E-state index in [0.29, 0.717) is 12.6 Å². The fraction of sp³-hybridized carbons (Fsp3) is 0.900. The second kappa shape index (κ2) is 5.98. The van der Waals surface area contributed by atoms with Gasteiger partial charge in [0.2, 0.25) is 0 Å². The zero-order valence-electron chi connectivity index (χ0n) is 8.48. The Bertz CT molecular complexity index is 182. The normalized spacial score (nSPS) is 23.6. The van der Waals surface area contributed by atoms with E-state index in [4.69, 9.17) is 10.2 Å². The fourth-order valence-electron chi connectivity index (χ4n) is 2.10. The predicted octanol–water partition coefficient (Wildman–Crippen LogP) is 0.698. The molecular weight excluding hydrogens is 182 g/mol. The molecule has 0 aromatic heterocycles. The van der Waals surface area contributed by atoms with E-state index in [-0.39, 0.29) is 13.0 Å². The number of hydrogen-bond acceptors (Lipinski definition) is 3. The van der Waals surface area contributed by atoms with E-state index < -0.39 is 5.97 Å². The number of β-amino-alcohol motifs (C(OH)–C–C–N with tert-alkyl or cyclic N) is 1. The average Bonchev–Trinajstić information content (AvgIpc) is 2.17. The highest BCUT2D eigenvalue weighted by Crippen LogP contribution is 2.20. The Morgan fingerprint density at radius 1 is 1.43 bits per heavy atom. The molecule has 1 heterocycles. The van der Waals surface area contributed by atoms with Crippen molar-refractivity contribution in [1.29, 1.82) is 0 Å². The average molecular weight is 201 g/mol. The molecule has 1 aliphatic heterocycles. The van der Waals surface area contributed by atoms with Gasteiger partial charge in [-0.25, -0.2) is 0 Å². The Kier molecular flexibility index (Phi) is 4.90. The maximum absolute atomic E-state index is 10.4. The number of nitrogens with zero attached hydrogens (tertiary/aromatic N) is 1. The van der Waals surface area contributed by atoms with Gasteiger partial charge in [-0.1, -0.05) is 6.42 Å². The van der Waals surface area contributed by atoms with Crippen LogP contribution in [0.3, 0.4) is 0 Å². The first kappa shape index (κ1) is 11.5. The van der Waals surface area contributed by atoms with Gasteiger partial charge in [-0.05, 0) is 25.8 Å². The van der Waals surface area contributed by atoms with Crippen molar-refractivity contribution in [2.24, 2.45) is 0 Å². The van der Waals surface area contributed by atoms with Crippen LogP contribution in [0.25, 0.3) is 0 Å². The molecule has 0 amide bonds. The van der Waals surface area contributed by atoms with Crippen LogP contribution in [-0.4, -0.2) is 46.8 Å². The summed E-state index contributed by atoms with van der Waals surface area (Å²) in [4.78, 5) is 12.7. The van der Waals surface area contributed by atoms with Crippen LogP contribution in [0.15, 0.2) is 0 Å². The van der Waals surface area contributed by atoms with Crippen molar-refractivity contribution in [3.05, 3.63) is 0 Å². The zero-order chi connectivity index (χ0) is 10.4. The molecule has 82 valence electrons. The summed E-state index contributed by atoms with van der Waals surface area (Å²) < 4.78 is 0. The molecule has 14 heavy (non-hydrogen) atoms. The zero-order valence-corrected chi connectivity index (χ0v) is 8.48. The number of aliphatic hydroxyl groups excluding tert-OH is 1. The minimum absolute atomic E-state index is 0.170. The first-order valence-electron chi connectivity index (χ1n) is 5.30. The molecule has 1 saturated heterocycles. The SMILES string of the molecule is O=C(O)CCC1CCCCN1CCO. The topological polar surface area (TPSA) is 60.8 Å². The number of aliphatic carboxylic acids is 1. The quantitative estimate of drug-likeness (QED) is 0.687. The Morgan fingerprint density at radius 3 is 2.86 bits per heavy atom. The van der Waals surface area contributed by atoms with Crippen LogP contribution < -0.4 is 0 Å². The van der Waals surface area contributed by atoms with E-state index in [0.717, 1.165) is 19.4 Å². The summed E-state index contributed by atoms with van der Waals surface area (Å²) in [7, 11) is 0. The van der Waals surface area contributed by atoms with Crippen molar-refractivity contribution in [3.63, 3.8) is 0 Å². The highest BCUT2D eigenvalue weighted by Gasteiger charge is 2.21. The third-order valence-electron chi connectivity index (χ3n) is 2.83. The van der Waals surface area contributed by atoms with E-state index in [9.17, 15) is 4.79 Å². The van der Waals surface area contributed by atoms with Crippen molar-refractivity contribution in [1.82, 2.24) is 4.90 Å². The first-order valence-corrected chi connectivity index (χ1v) is 5.30. The molecule has 1 rings (SSSR count). The molecule has 0 aromatic rings. The lowest BCUT2D eigenvalue weighted by Crippen LogP contribution is -2.41. The molecule has 4 heteroatoms. The van der Waals surface area contributed by atoms with E-state index in [1.165, 1.54) is 12.8 Å². The van der Waals surface area contributed by atoms with Crippen LogP contribution in [0.1, 0.15) is 32.1 Å². The van der Waals surface area contributed by atoms with Crippen molar-refractivity contribution in [3.8, 4) is 0 Å². The maximum atomic E-state index is 10.4. The largest absolute Gasteiger partial charge is 0.481 e. The lowest BCUT2D eigenvalue weighted by atomic mass is 9.98. The number of piperidine rings is 1. The highest BCUT2D eigenvalue weighted by molar-refractivity contribution is 5.66. The maximum Gasteiger partial charge on any atom is 0.303 e. The van der Waals surface area contributed by atoms with Gasteiger partial charge in [-0.2, -0.15) is 0 Å². The van der Waals surface area contributed by atoms with Crippen LogP contribution in [0.4, 0.5) is 0 Å². The van der Waals surface area contributed by atoms with Crippen LogP contribution >= 0.6 is 0 Å². The number of likely N-dealkylation sites (tertiary alicyclic amines) is 1. The Balaban J connectivity index is 2.33. The number of hydrogen-bond donors (Lipinski definition) is 2. The molecule has 1 fully saturated rings. The molecular formula is C10H19NO3. The van der Waals surface area contributed by atoms with E-state index in [2.05, 4.69) is 4.90 Å². The van der Waals surface area contributed by atoms with Crippen molar-refractivity contribution in [2.45, 2.75) is 38.1 Å². The van der Waals surface area contributed by atoms with Gasteiger partial charge in [-0.15, -0.1) is 0 Å². The Hall–Kier alpha value is -0.610. The fourth-order valence-corrected chi connectivity index (χ4v) is 2.10. The highest BCUT2D eigenvalue weighted by atomic mass is 16.4. The minimum atomic E-state index is -0.723. The van der Waals surface area contributed by atoms with Crippen LogP contribution in [0, 0.1) is 0 Å². The molecule has 2 N–H and O–H groups in total. The second-order valence-corrected chi connectivity index (χ2v) is 3.84. The van der Waals surface area contributed by atoms with E-state index >= 15 is 0 Å². The number of aliphatic hydroxyl groups is 1. The number of carbonyl (C=O) groups is 1. The van der Waals surface area contributed by atoms with E-state index in [1.54, 1.807) is 0 Å². The van der Waals surface area contributed by atoms with Gasteiger partial charge in [0.1, 0.15) is 0 Å². The first-order chi connectivity index (χ1) is 6.74. The van der Waals surface area contributed by atoms with Gasteiger partial charge in [0.15, 0.2) is 0 Å². The summed E-state index contributed by atoms with van der Waals surface area (Å²) in [5.41, 5.74) is 0. The molecule has 4 nitrogen and oxygen atoms in total. The molecule has 0 bridgehead atoms. The van der Waals surface area contributed by atoms with Crippen molar-refractivity contribution >= 4 is 5.97 Å². The molecule has 0 aliphatic carbocycles. The summed E-state index contributed by atoms with van der Waals surface area (Å²) in [5, 5.41) is 17.4. The number of rotatable bonds is 5. The monoisotopic (exact) mass is 201 g/mol. The van der Waals surface area contributed by atoms with Crippen molar-refractivity contribution < 1.29 is 15.0 Å². The standard InChI is InChI=1S/C10H19NO3/c12-8-7-11-6-2-1-3-9(11)4-5-10(13)14/h9,12H,1-8H2,(H,13,14). The number of carboxylic acids is 1. The molecule has 1 unspecified atom stereocenters. The van der Waals surface area contributed by atoms with E-state index in [1.807, 2.05) is 0 Å². The summed E-state index contributed by atoms with van der Waals surface area (Å²) in [6.45, 7) is 1.86. The van der Waals surface area contributed by atoms with Crippen molar-refractivity contribution in [2.75, 3.05) is 19.7 Å². The van der Waals surface area contributed by atoms with Crippen LogP contribution in [0.5, 0.6) is 0 Å². The third-order valence-corrected chi connectivity index (χ3v) is 2.83. The second-order valence-electron chi connectivity index (χ2n) is 3.84. The summed E-state index contributed by atoms with van der Waals surface area (Å²) in [6.07, 6.45) is 4.39. The van der Waals surface area contributed by atoms with Crippen LogP contribution in [0.2, 0.25) is 0 Å². The lowest BCUT2D eigenvalue weighted by molar-refractivity contribution is -0.137. The predicted molar refractivity (Wildman–Crippen MR) is 53.2 cm³/mol. The summed E-state index contributed by atoms with van der Waals surface area (Å²) in [5.74, 6) is -0.723. The molecule has 0 spiro atoms. The van der Waals surface area contributed by atoms with Gasteiger partial charge in [0, 0.05) is 19.0 Å². The molecule has 0 aromatic carbocycles. The van der Waals surface area contributed by atoms with Gasteiger partial charge in [0.05, 0.1) is 6.61 Å². The summed E-state index contributed by atoms with van der Waals surface area (Å²) in [6, 6.07) is 0.368. The van der Waals surface area contributed by atoms with Crippen LogP contribution in [-0.2, 0) is 4.79 Å². The molecule has 1 atom stereocenters. The molecule has 0 radical (unpaired) electrons. The number of carboxylic acid groups (broad SMARTS) is 1. The van der Waals surface area contributed by atoms with Gasteiger partial charge in [0.25, 0.3) is 0 Å². The van der Waals surface area contributed by atoms with Gasteiger partial charge < -0.3 is 10.2 Å². The minimum Gasteiger partial charge on any atom is -0.481 e. The molecule has 1 aliphatic rings. The Labute approximate surface area is 84.5 Å². The summed E-state index contributed by atoms with van der Waals surface area (Å²) >= 11 is 0. The molecule has 0 saturated carbocycles. The third kappa shape index (κ3) is 3.64. The lowest BCUT2D eigenvalue weighted by Gasteiger charge is -2.35. The van der Waals surface area contributed by atoms with Gasteiger partial charge >= 0.3 is 5.97 Å².